The number of nitrogen functional groups attached to an aromatic ring is 1. The van der Waals surface area contributed by atoms with Crippen molar-refractivity contribution in [1.82, 2.24) is 4.98 Å². The molecule has 1 aromatic heterocycles. The molecule has 2 N–H and O–H groups in total. The number of nitrogens with two attached hydrogens (primary N) is 1. The second kappa shape index (κ2) is 5.70. The Kier molecular flexibility index (Phi) is 3.77. The van der Waals surface area contributed by atoms with Gasteiger partial charge >= 0.3 is 0 Å². The van der Waals surface area contributed by atoms with E-state index in [4.69, 9.17) is 5.73 Å². The van der Waals surface area contributed by atoms with E-state index in [1.54, 1.807) is 0 Å². The zero-order chi connectivity index (χ0) is 13.9. The Balaban J connectivity index is 1.96. The van der Waals surface area contributed by atoms with E-state index in [2.05, 4.69) is 29.1 Å². The van der Waals surface area contributed by atoms with Crippen LogP contribution < -0.4 is 10.6 Å². The van der Waals surface area contributed by atoms with Gasteiger partial charge in [0.2, 0.25) is 0 Å². The molecule has 0 radical (unpaired) electrons. The van der Waals surface area contributed by atoms with Crippen molar-refractivity contribution in [2.24, 2.45) is 0 Å². The summed E-state index contributed by atoms with van der Waals surface area (Å²) in [6, 6.07) is 8.80. The van der Waals surface area contributed by atoms with Crippen LogP contribution in [0.25, 0.3) is 10.9 Å². The molecular formula is C17H23N3. The Labute approximate surface area is 120 Å². The number of nitrogens with zero attached hydrogens (tertiary/aromatic N) is 2. The summed E-state index contributed by atoms with van der Waals surface area (Å²) >= 11 is 0. The maximum atomic E-state index is 5.86. The number of hydrogen-bond donors (Lipinski definition) is 1. The molecule has 1 aromatic carbocycles. The Hall–Kier alpha value is -1.77. The molecule has 1 aliphatic carbocycles. The van der Waals surface area contributed by atoms with Gasteiger partial charge < -0.3 is 10.6 Å². The number of anilines is 2. The average molecular weight is 269 g/mol. The normalized spacial score (nSPS) is 17.1. The van der Waals surface area contributed by atoms with Gasteiger partial charge in [-0.1, -0.05) is 25.7 Å². The van der Waals surface area contributed by atoms with Crippen LogP contribution in [0.15, 0.2) is 30.5 Å². The highest BCUT2D eigenvalue weighted by atomic mass is 15.1. The second-order valence-electron chi connectivity index (χ2n) is 5.86. The number of benzene rings is 1. The van der Waals surface area contributed by atoms with Crippen molar-refractivity contribution in [3.05, 3.63) is 30.5 Å². The van der Waals surface area contributed by atoms with Crippen LogP contribution in [0.2, 0.25) is 0 Å². The third-order valence-electron chi connectivity index (χ3n) is 4.50. The Morgan fingerprint density at radius 1 is 1.10 bits per heavy atom. The topological polar surface area (TPSA) is 42.2 Å². The Morgan fingerprint density at radius 3 is 2.60 bits per heavy atom. The van der Waals surface area contributed by atoms with Crippen LogP contribution in [0.1, 0.15) is 38.5 Å². The van der Waals surface area contributed by atoms with E-state index in [-0.39, 0.29) is 0 Å². The van der Waals surface area contributed by atoms with Crippen molar-refractivity contribution in [2.75, 3.05) is 17.7 Å². The molecule has 3 heteroatoms. The predicted molar refractivity (Wildman–Crippen MR) is 86.0 cm³/mol. The molecule has 3 rings (SSSR count). The summed E-state index contributed by atoms with van der Waals surface area (Å²) in [5, 5.41) is 1.20. The van der Waals surface area contributed by atoms with Gasteiger partial charge in [0.15, 0.2) is 0 Å². The van der Waals surface area contributed by atoms with E-state index in [9.17, 15) is 0 Å². The lowest BCUT2D eigenvalue weighted by molar-refractivity contribution is 0.554. The van der Waals surface area contributed by atoms with Crippen LogP contribution >= 0.6 is 0 Å². The van der Waals surface area contributed by atoms with Gasteiger partial charge in [-0.15, -0.1) is 0 Å². The summed E-state index contributed by atoms with van der Waals surface area (Å²) in [5.41, 5.74) is 8.91. The van der Waals surface area contributed by atoms with Gasteiger partial charge in [-0.05, 0) is 37.1 Å². The highest BCUT2D eigenvalue weighted by Gasteiger charge is 2.18. The van der Waals surface area contributed by atoms with E-state index in [0.717, 1.165) is 11.2 Å². The summed E-state index contributed by atoms with van der Waals surface area (Å²) in [7, 11) is 2.22. The van der Waals surface area contributed by atoms with Gasteiger partial charge in [-0.3, -0.25) is 4.98 Å². The molecular weight excluding hydrogens is 246 g/mol. The fourth-order valence-corrected chi connectivity index (χ4v) is 3.30. The highest BCUT2D eigenvalue weighted by molar-refractivity contribution is 5.93. The molecule has 2 aromatic rings. The zero-order valence-corrected chi connectivity index (χ0v) is 12.2. The van der Waals surface area contributed by atoms with Crippen molar-refractivity contribution < 1.29 is 0 Å². The quantitative estimate of drug-likeness (QED) is 0.662. The summed E-state index contributed by atoms with van der Waals surface area (Å²) in [5.74, 6) is 0. The van der Waals surface area contributed by atoms with Crippen LogP contribution in [0.3, 0.4) is 0 Å². The van der Waals surface area contributed by atoms with Gasteiger partial charge in [-0.2, -0.15) is 0 Å². The molecule has 0 spiro atoms. The first kappa shape index (κ1) is 13.2. The van der Waals surface area contributed by atoms with Gasteiger partial charge in [0.25, 0.3) is 0 Å². The zero-order valence-electron chi connectivity index (χ0n) is 12.2. The number of hydrogen-bond acceptors (Lipinski definition) is 3. The molecule has 0 aliphatic heterocycles. The molecule has 0 bridgehead atoms. The van der Waals surface area contributed by atoms with Crippen molar-refractivity contribution in [2.45, 2.75) is 44.6 Å². The number of pyridine rings is 1. The van der Waals surface area contributed by atoms with E-state index in [1.165, 1.54) is 49.6 Å². The SMILES string of the molecule is CN(c1ccnc2cc(N)ccc12)C1CCCCCC1. The molecule has 0 amide bonds. The summed E-state index contributed by atoms with van der Waals surface area (Å²) in [6.07, 6.45) is 9.97. The van der Waals surface area contributed by atoms with E-state index < -0.39 is 0 Å². The van der Waals surface area contributed by atoms with Crippen molar-refractivity contribution in [1.29, 1.82) is 0 Å². The van der Waals surface area contributed by atoms with Crippen LogP contribution in [-0.2, 0) is 0 Å². The second-order valence-corrected chi connectivity index (χ2v) is 5.86. The van der Waals surface area contributed by atoms with Crippen LogP contribution in [0, 0.1) is 0 Å². The smallest absolute Gasteiger partial charge is 0.0743 e. The molecule has 0 atom stereocenters. The van der Waals surface area contributed by atoms with Gasteiger partial charge in [0.1, 0.15) is 0 Å². The summed E-state index contributed by atoms with van der Waals surface area (Å²) < 4.78 is 0. The van der Waals surface area contributed by atoms with Gasteiger partial charge in [-0.25, -0.2) is 0 Å². The molecule has 1 fully saturated rings. The first-order valence-corrected chi connectivity index (χ1v) is 7.63. The minimum absolute atomic E-state index is 0.653. The molecule has 0 saturated heterocycles. The first-order valence-electron chi connectivity index (χ1n) is 7.63. The van der Waals surface area contributed by atoms with Crippen LogP contribution in [0.5, 0.6) is 0 Å². The number of rotatable bonds is 2. The molecule has 1 heterocycles. The minimum Gasteiger partial charge on any atom is -0.399 e. The average Bonchev–Trinajstić information content (AvgIpc) is 2.74. The van der Waals surface area contributed by atoms with E-state index in [0.29, 0.717) is 6.04 Å². The maximum Gasteiger partial charge on any atom is 0.0743 e. The largest absolute Gasteiger partial charge is 0.399 e. The maximum absolute atomic E-state index is 5.86. The highest BCUT2D eigenvalue weighted by Crippen LogP contribution is 2.30. The van der Waals surface area contributed by atoms with Crippen molar-refractivity contribution >= 4 is 22.3 Å². The molecule has 3 nitrogen and oxygen atoms in total. The van der Waals surface area contributed by atoms with Crippen LogP contribution in [0.4, 0.5) is 11.4 Å². The number of fused-ring (bicyclic) bond motifs is 1. The fraction of sp³-hybridized carbons (Fsp3) is 0.471. The molecule has 106 valence electrons. The van der Waals surface area contributed by atoms with E-state index >= 15 is 0 Å². The Bertz CT molecular complexity index is 586. The minimum atomic E-state index is 0.653. The van der Waals surface area contributed by atoms with Gasteiger partial charge in [0.05, 0.1) is 5.52 Å². The summed E-state index contributed by atoms with van der Waals surface area (Å²) in [4.78, 5) is 6.89. The molecule has 1 aliphatic rings. The standard InChI is InChI=1S/C17H23N3/c1-20(14-6-4-2-3-5-7-14)17-10-11-19-16-12-13(18)8-9-15(16)17/h8-12,14H,2-7,18H2,1H3. The van der Waals surface area contributed by atoms with Crippen LogP contribution in [-0.4, -0.2) is 18.1 Å². The monoisotopic (exact) mass is 269 g/mol. The number of aromatic nitrogens is 1. The summed E-state index contributed by atoms with van der Waals surface area (Å²) in [6.45, 7) is 0. The molecule has 0 unspecified atom stereocenters. The van der Waals surface area contributed by atoms with Gasteiger partial charge in [0, 0.05) is 36.0 Å². The third-order valence-corrected chi connectivity index (χ3v) is 4.50. The Morgan fingerprint density at radius 2 is 1.85 bits per heavy atom. The van der Waals surface area contributed by atoms with E-state index in [1.807, 2.05) is 18.3 Å². The third kappa shape index (κ3) is 2.58. The lowest BCUT2D eigenvalue weighted by Gasteiger charge is -2.30. The predicted octanol–water partition coefficient (Wildman–Crippen LogP) is 3.98. The first-order chi connectivity index (χ1) is 9.75. The van der Waals surface area contributed by atoms with Crippen molar-refractivity contribution in [3.63, 3.8) is 0 Å². The fourth-order valence-electron chi connectivity index (χ4n) is 3.30. The lowest BCUT2D eigenvalue weighted by Crippen LogP contribution is -2.31. The lowest BCUT2D eigenvalue weighted by atomic mass is 10.1. The van der Waals surface area contributed by atoms with Crippen molar-refractivity contribution in [3.8, 4) is 0 Å². The molecule has 1 saturated carbocycles. The molecule has 20 heavy (non-hydrogen) atoms.